The number of alkyl halides is 3. The molecule has 0 spiro atoms. The van der Waals surface area contributed by atoms with Gasteiger partial charge in [0, 0.05) is 23.5 Å². The Morgan fingerprint density at radius 1 is 0.783 bits per heavy atom. The Morgan fingerprint density at radius 2 is 1.39 bits per heavy atom. The maximum absolute atomic E-state index is 12.9. The molecule has 0 saturated carbocycles. The minimum atomic E-state index is -4.40. The first-order chi connectivity index (χ1) is 11.0. The van der Waals surface area contributed by atoms with E-state index in [-0.39, 0.29) is 0 Å². The van der Waals surface area contributed by atoms with Crippen LogP contribution in [-0.2, 0) is 6.18 Å². The number of aromatic nitrogens is 1. The summed E-state index contributed by atoms with van der Waals surface area (Å²) in [5.41, 5.74) is 1.69. The van der Waals surface area contributed by atoms with Crippen molar-refractivity contribution in [2.45, 2.75) is 6.18 Å². The number of hydrogen-bond donors (Lipinski definition) is 0. The molecule has 5 heteroatoms. The third kappa shape index (κ3) is 3.22. The lowest BCUT2D eigenvalue weighted by molar-refractivity contribution is -0.137. The predicted octanol–water partition coefficient (Wildman–Crippen LogP) is 6.09. The zero-order valence-corrected chi connectivity index (χ0v) is 12.6. The van der Waals surface area contributed by atoms with Crippen molar-refractivity contribution in [1.82, 2.24) is 4.98 Å². The van der Waals surface area contributed by atoms with Gasteiger partial charge in [-0.15, -0.1) is 0 Å². The summed E-state index contributed by atoms with van der Waals surface area (Å²) >= 11 is 6.42. The van der Waals surface area contributed by atoms with Crippen LogP contribution in [0, 0.1) is 0 Å². The van der Waals surface area contributed by atoms with Crippen molar-refractivity contribution in [2.75, 3.05) is 0 Å². The Morgan fingerprint density at radius 3 is 2.04 bits per heavy atom. The topological polar surface area (TPSA) is 12.9 Å². The highest BCUT2D eigenvalue weighted by Crippen LogP contribution is 2.37. The first-order valence-corrected chi connectivity index (χ1v) is 7.21. The Hall–Kier alpha value is -2.33. The van der Waals surface area contributed by atoms with Gasteiger partial charge in [0.05, 0.1) is 10.6 Å². The molecule has 0 aliphatic rings. The predicted molar refractivity (Wildman–Crippen MR) is 85.1 cm³/mol. The van der Waals surface area contributed by atoms with E-state index in [2.05, 4.69) is 4.98 Å². The normalized spacial score (nSPS) is 11.5. The second kappa shape index (κ2) is 6.05. The van der Waals surface area contributed by atoms with Crippen LogP contribution in [0.25, 0.3) is 22.3 Å². The van der Waals surface area contributed by atoms with Crippen LogP contribution in [0.5, 0.6) is 0 Å². The number of rotatable bonds is 2. The average molecular weight is 334 g/mol. The second-order valence-electron chi connectivity index (χ2n) is 4.99. The van der Waals surface area contributed by atoms with Crippen LogP contribution in [0.1, 0.15) is 5.56 Å². The summed E-state index contributed by atoms with van der Waals surface area (Å²) in [7, 11) is 0. The largest absolute Gasteiger partial charge is 0.416 e. The lowest BCUT2D eigenvalue weighted by Gasteiger charge is -2.12. The van der Waals surface area contributed by atoms with Gasteiger partial charge in [-0.3, -0.25) is 4.98 Å². The molecule has 1 nitrogen and oxygen atoms in total. The summed E-state index contributed by atoms with van der Waals surface area (Å²) in [6.07, 6.45) is -1.31. The quantitative estimate of drug-likeness (QED) is 0.553. The van der Waals surface area contributed by atoms with E-state index < -0.39 is 11.7 Å². The lowest BCUT2D eigenvalue weighted by atomic mass is 10.0. The van der Waals surface area contributed by atoms with E-state index in [1.54, 1.807) is 12.3 Å². The molecule has 2 aromatic carbocycles. The number of nitrogens with zero attached hydrogens (tertiary/aromatic N) is 1. The molecule has 0 aliphatic heterocycles. The fraction of sp³-hybridized carbons (Fsp3) is 0.0556. The highest BCUT2D eigenvalue weighted by Gasteiger charge is 2.30. The third-order valence-corrected chi connectivity index (χ3v) is 3.87. The Kier molecular flexibility index (Phi) is 4.09. The van der Waals surface area contributed by atoms with Crippen LogP contribution in [0.2, 0.25) is 5.02 Å². The van der Waals surface area contributed by atoms with Gasteiger partial charge >= 0.3 is 6.18 Å². The van der Waals surface area contributed by atoms with Crippen LogP contribution in [0.3, 0.4) is 0 Å². The smallest absolute Gasteiger partial charge is 0.263 e. The summed E-state index contributed by atoms with van der Waals surface area (Å²) in [6.45, 7) is 0. The molecule has 116 valence electrons. The van der Waals surface area contributed by atoms with Crippen LogP contribution in [-0.4, -0.2) is 4.98 Å². The first kappa shape index (κ1) is 15.6. The Balaban J connectivity index is 2.12. The maximum Gasteiger partial charge on any atom is 0.416 e. The summed E-state index contributed by atoms with van der Waals surface area (Å²) in [4.78, 5) is 4.12. The van der Waals surface area contributed by atoms with E-state index in [1.807, 2.05) is 30.3 Å². The molecule has 0 saturated heterocycles. The molecule has 1 aromatic heterocycles. The minimum Gasteiger partial charge on any atom is -0.263 e. The molecule has 0 radical (unpaired) electrons. The fourth-order valence-corrected chi connectivity index (χ4v) is 2.64. The number of pyridine rings is 1. The van der Waals surface area contributed by atoms with Crippen LogP contribution >= 0.6 is 11.6 Å². The monoisotopic (exact) mass is 333 g/mol. The summed E-state index contributed by atoms with van der Waals surface area (Å²) in [6, 6.07) is 14.4. The van der Waals surface area contributed by atoms with Crippen LogP contribution in [0.4, 0.5) is 13.2 Å². The van der Waals surface area contributed by atoms with Gasteiger partial charge in [0.1, 0.15) is 0 Å². The SMILES string of the molecule is FC(F)(F)c1cccc(-c2cncc(-c3ccccc3)c2Cl)c1. The van der Waals surface area contributed by atoms with Crippen molar-refractivity contribution in [3.05, 3.63) is 77.6 Å². The molecular weight excluding hydrogens is 323 g/mol. The number of hydrogen-bond acceptors (Lipinski definition) is 1. The molecule has 0 atom stereocenters. The molecule has 0 aliphatic carbocycles. The van der Waals surface area contributed by atoms with Crippen molar-refractivity contribution >= 4 is 11.6 Å². The highest BCUT2D eigenvalue weighted by atomic mass is 35.5. The van der Waals surface area contributed by atoms with Gasteiger partial charge in [0.25, 0.3) is 0 Å². The molecule has 23 heavy (non-hydrogen) atoms. The van der Waals surface area contributed by atoms with E-state index in [0.717, 1.165) is 17.7 Å². The summed E-state index contributed by atoms with van der Waals surface area (Å²) in [5, 5.41) is 0.380. The standard InChI is InChI=1S/C18H11ClF3N/c19-17-15(12-5-2-1-3-6-12)10-23-11-16(17)13-7-4-8-14(9-13)18(20,21)22/h1-11H. The van der Waals surface area contributed by atoms with Crippen molar-refractivity contribution < 1.29 is 13.2 Å². The molecule has 0 bridgehead atoms. The van der Waals surface area contributed by atoms with E-state index in [9.17, 15) is 13.2 Å². The molecular formula is C18H11ClF3N. The third-order valence-electron chi connectivity index (χ3n) is 3.47. The number of benzene rings is 2. The average Bonchev–Trinajstić information content (AvgIpc) is 2.55. The van der Waals surface area contributed by atoms with Gasteiger partial charge in [-0.25, -0.2) is 0 Å². The molecule has 1 heterocycles. The maximum atomic E-state index is 12.9. The molecule has 0 amide bonds. The van der Waals surface area contributed by atoms with Crippen LogP contribution < -0.4 is 0 Å². The van der Waals surface area contributed by atoms with E-state index >= 15 is 0 Å². The van der Waals surface area contributed by atoms with Gasteiger partial charge in [0.15, 0.2) is 0 Å². The van der Waals surface area contributed by atoms with Crippen molar-refractivity contribution in [3.63, 3.8) is 0 Å². The van der Waals surface area contributed by atoms with Gasteiger partial charge in [-0.1, -0.05) is 54.1 Å². The second-order valence-corrected chi connectivity index (χ2v) is 5.37. The lowest BCUT2D eigenvalue weighted by Crippen LogP contribution is -2.04. The number of halogens is 4. The van der Waals surface area contributed by atoms with Crippen LogP contribution in [0.15, 0.2) is 67.0 Å². The minimum absolute atomic E-state index is 0.380. The van der Waals surface area contributed by atoms with Gasteiger partial charge in [-0.05, 0) is 23.3 Å². The van der Waals surface area contributed by atoms with Crippen molar-refractivity contribution in [2.24, 2.45) is 0 Å². The summed E-state index contributed by atoms with van der Waals surface area (Å²) in [5.74, 6) is 0. The van der Waals surface area contributed by atoms with E-state index in [0.29, 0.717) is 21.7 Å². The summed E-state index contributed by atoms with van der Waals surface area (Å²) < 4.78 is 38.6. The van der Waals surface area contributed by atoms with Gasteiger partial charge in [0.2, 0.25) is 0 Å². The molecule has 3 aromatic rings. The Bertz CT molecular complexity index is 829. The van der Waals surface area contributed by atoms with E-state index in [1.165, 1.54) is 12.3 Å². The first-order valence-electron chi connectivity index (χ1n) is 6.83. The molecule has 0 N–H and O–H groups in total. The van der Waals surface area contributed by atoms with Crippen molar-refractivity contribution in [1.29, 1.82) is 0 Å². The van der Waals surface area contributed by atoms with Gasteiger partial charge < -0.3 is 0 Å². The van der Waals surface area contributed by atoms with Crippen molar-refractivity contribution in [3.8, 4) is 22.3 Å². The molecule has 0 unspecified atom stereocenters. The zero-order valence-electron chi connectivity index (χ0n) is 11.8. The zero-order chi connectivity index (χ0) is 16.4. The Labute approximate surface area is 136 Å². The molecule has 3 rings (SSSR count). The fourth-order valence-electron chi connectivity index (χ4n) is 2.33. The highest BCUT2D eigenvalue weighted by molar-refractivity contribution is 6.36. The van der Waals surface area contributed by atoms with E-state index in [4.69, 9.17) is 11.6 Å². The van der Waals surface area contributed by atoms with Gasteiger partial charge in [-0.2, -0.15) is 13.2 Å². The molecule has 0 fully saturated rings.